The molecule has 0 spiro atoms. The summed E-state index contributed by atoms with van der Waals surface area (Å²) in [5.41, 5.74) is 0.474. The van der Waals surface area contributed by atoms with Gasteiger partial charge in [-0.15, -0.1) is 13.2 Å². The van der Waals surface area contributed by atoms with Crippen LogP contribution in [-0.4, -0.2) is 6.36 Å². The summed E-state index contributed by atoms with van der Waals surface area (Å²) in [5.74, 6) is -0.272. The van der Waals surface area contributed by atoms with E-state index in [-0.39, 0.29) is 5.75 Å². The smallest absolute Gasteiger partial charge is 0.406 e. The van der Waals surface area contributed by atoms with Crippen LogP contribution in [0.5, 0.6) is 5.75 Å². The zero-order chi connectivity index (χ0) is 9.90. The summed E-state index contributed by atoms with van der Waals surface area (Å²) in [6, 6.07) is 5.41. The average Bonchev–Trinajstić information content (AvgIpc) is 2.01. The van der Waals surface area contributed by atoms with Crippen LogP contribution in [0.3, 0.4) is 0 Å². The maximum Gasteiger partial charge on any atom is 0.573 e. The molecule has 0 aliphatic carbocycles. The van der Waals surface area contributed by atoms with Crippen molar-refractivity contribution in [2.24, 2.45) is 0 Å². The van der Waals surface area contributed by atoms with Crippen molar-refractivity contribution in [2.75, 3.05) is 0 Å². The van der Waals surface area contributed by atoms with Crippen LogP contribution < -0.4 is 4.74 Å². The highest BCUT2D eigenvalue weighted by atomic mass is 19.4. The molecule has 0 fully saturated rings. The molecule has 0 saturated heterocycles. The molecule has 0 aromatic heterocycles. The highest BCUT2D eigenvalue weighted by Crippen LogP contribution is 2.23. The molecule has 1 aromatic carbocycles. The minimum Gasteiger partial charge on any atom is -0.406 e. The monoisotopic (exact) mass is 187 g/mol. The molecule has 0 amide bonds. The van der Waals surface area contributed by atoms with E-state index in [1.807, 2.05) is 0 Å². The normalized spacial score (nSPS) is 11.0. The number of hydrogen-bond acceptors (Lipinski definition) is 1. The first kappa shape index (κ1) is 9.64. The predicted molar refractivity (Wildman–Crippen MR) is 41.9 cm³/mol. The van der Waals surface area contributed by atoms with Gasteiger partial charge in [0.2, 0.25) is 0 Å². The molecule has 0 aliphatic heterocycles. The Morgan fingerprint density at radius 1 is 1.31 bits per heavy atom. The van der Waals surface area contributed by atoms with Crippen molar-refractivity contribution in [2.45, 2.75) is 6.36 Å². The summed E-state index contributed by atoms with van der Waals surface area (Å²) >= 11 is 0. The second-order valence-corrected chi connectivity index (χ2v) is 2.29. The molecule has 0 unspecified atom stereocenters. The summed E-state index contributed by atoms with van der Waals surface area (Å²) in [5, 5.41) is 0. The van der Waals surface area contributed by atoms with Crippen molar-refractivity contribution in [1.29, 1.82) is 0 Å². The Balaban J connectivity index is 2.84. The van der Waals surface area contributed by atoms with Crippen LogP contribution in [0.4, 0.5) is 13.2 Å². The third-order valence-electron chi connectivity index (χ3n) is 1.28. The molecule has 1 nitrogen and oxygen atoms in total. The van der Waals surface area contributed by atoms with E-state index in [1.165, 1.54) is 24.3 Å². The number of benzene rings is 1. The average molecular weight is 187 g/mol. The van der Waals surface area contributed by atoms with E-state index in [0.717, 1.165) is 0 Å². The van der Waals surface area contributed by atoms with Gasteiger partial charge in [0, 0.05) is 0 Å². The molecule has 0 atom stereocenters. The van der Waals surface area contributed by atoms with Gasteiger partial charge in [0.1, 0.15) is 5.75 Å². The van der Waals surface area contributed by atoms with E-state index in [1.54, 1.807) is 6.07 Å². The summed E-state index contributed by atoms with van der Waals surface area (Å²) < 4.78 is 38.8. The molecular formula is C9H6F3O. The van der Waals surface area contributed by atoms with E-state index < -0.39 is 6.36 Å². The standard InChI is InChI=1S/C9H6F3O/c1-2-7-4-3-5-8(6-7)13-9(10,11)12/h1-6H. The zero-order valence-corrected chi connectivity index (χ0v) is 6.51. The minimum atomic E-state index is -4.66. The quantitative estimate of drug-likeness (QED) is 0.691. The van der Waals surface area contributed by atoms with Crippen LogP contribution in [0.25, 0.3) is 6.08 Å². The van der Waals surface area contributed by atoms with Gasteiger partial charge in [0.05, 0.1) is 0 Å². The van der Waals surface area contributed by atoms with E-state index in [0.29, 0.717) is 5.56 Å². The molecule has 4 heteroatoms. The Labute approximate surface area is 73.4 Å². The molecular weight excluding hydrogens is 181 g/mol. The summed E-state index contributed by atoms with van der Waals surface area (Å²) in [7, 11) is 0. The van der Waals surface area contributed by atoms with Crippen LogP contribution >= 0.6 is 0 Å². The van der Waals surface area contributed by atoms with E-state index in [4.69, 9.17) is 6.58 Å². The number of ether oxygens (including phenoxy) is 1. The maximum absolute atomic E-state index is 11.7. The Kier molecular flexibility index (Phi) is 2.60. The van der Waals surface area contributed by atoms with Gasteiger partial charge < -0.3 is 4.74 Å². The number of alkyl halides is 3. The van der Waals surface area contributed by atoms with Crippen LogP contribution in [0.1, 0.15) is 5.56 Å². The first-order valence-electron chi connectivity index (χ1n) is 3.42. The molecule has 69 valence electrons. The second-order valence-electron chi connectivity index (χ2n) is 2.29. The Hall–Kier alpha value is -1.45. The lowest BCUT2D eigenvalue weighted by molar-refractivity contribution is -0.274. The molecule has 0 bridgehead atoms. The molecule has 0 N–H and O–H groups in total. The van der Waals surface area contributed by atoms with Gasteiger partial charge in [-0.05, 0) is 17.7 Å². The Morgan fingerprint density at radius 3 is 2.54 bits per heavy atom. The molecule has 1 aromatic rings. The van der Waals surface area contributed by atoms with Gasteiger partial charge in [-0.2, -0.15) is 0 Å². The van der Waals surface area contributed by atoms with Crippen LogP contribution in [0, 0.1) is 6.58 Å². The van der Waals surface area contributed by atoms with Crippen LogP contribution in [0.2, 0.25) is 0 Å². The second kappa shape index (κ2) is 3.51. The lowest BCUT2D eigenvalue weighted by Crippen LogP contribution is -2.17. The van der Waals surface area contributed by atoms with Crippen molar-refractivity contribution in [3.63, 3.8) is 0 Å². The fraction of sp³-hybridized carbons (Fsp3) is 0.111. The predicted octanol–water partition coefficient (Wildman–Crippen LogP) is 3.03. The van der Waals surface area contributed by atoms with Crippen molar-refractivity contribution < 1.29 is 17.9 Å². The van der Waals surface area contributed by atoms with Crippen molar-refractivity contribution in [3.8, 4) is 5.75 Å². The maximum atomic E-state index is 11.7. The molecule has 1 rings (SSSR count). The number of rotatable bonds is 2. The minimum absolute atomic E-state index is 0.272. The molecule has 1 radical (unpaired) electrons. The van der Waals surface area contributed by atoms with Gasteiger partial charge in [0.15, 0.2) is 0 Å². The fourth-order valence-electron chi connectivity index (χ4n) is 0.815. The van der Waals surface area contributed by atoms with Gasteiger partial charge in [0.25, 0.3) is 0 Å². The molecule has 0 aliphatic rings. The van der Waals surface area contributed by atoms with Crippen molar-refractivity contribution in [3.05, 3.63) is 36.4 Å². The van der Waals surface area contributed by atoms with Gasteiger partial charge in [-0.3, -0.25) is 0 Å². The summed E-state index contributed by atoms with van der Waals surface area (Å²) in [6.45, 7) is 5.12. The Bertz CT molecular complexity index is 304. The number of hydrogen-bond donors (Lipinski definition) is 0. The SMILES string of the molecule is [CH]=Cc1cccc(OC(F)(F)F)c1. The first-order chi connectivity index (χ1) is 6.01. The van der Waals surface area contributed by atoms with E-state index >= 15 is 0 Å². The van der Waals surface area contributed by atoms with Crippen LogP contribution in [-0.2, 0) is 0 Å². The van der Waals surface area contributed by atoms with Crippen molar-refractivity contribution in [1.82, 2.24) is 0 Å². The molecule has 0 saturated carbocycles. The van der Waals surface area contributed by atoms with E-state index in [9.17, 15) is 13.2 Å². The third kappa shape index (κ3) is 3.19. The molecule has 0 heterocycles. The zero-order valence-electron chi connectivity index (χ0n) is 6.51. The topological polar surface area (TPSA) is 9.23 Å². The Morgan fingerprint density at radius 2 is 2.00 bits per heavy atom. The molecule has 13 heavy (non-hydrogen) atoms. The summed E-state index contributed by atoms with van der Waals surface area (Å²) in [4.78, 5) is 0. The van der Waals surface area contributed by atoms with Gasteiger partial charge in [-0.25, -0.2) is 0 Å². The number of halogens is 3. The largest absolute Gasteiger partial charge is 0.573 e. The lowest BCUT2D eigenvalue weighted by atomic mass is 10.2. The lowest BCUT2D eigenvalue weighted by Gasteiger charge is -2.08. The van der Waals surface area contributed by atoms with Crippen LogP contribution in [0.15, 0.2) is 24.3 Å². The summed E-state index contributed by atoms with van der Waals surface area (Å²) in [6.07, 6.45) is -3.46. The highest BCUT2D eigenvalue weighted by molar-refractivity contribution is 5.48. The fourth-order valence-corrected chi connectivity index (χ4v) is 0.815. The first-order valence-corrected chi connectivity index (χ1v) is 3.42. The van der Waals surface area contributed by atoms with Crippen molar-refractivity contribution >= 4 is 6.08 Å². The highest BCUT2D eigenvalue weighted by Gasteiger charge is 2.30. The van der Waals surface area contributed by atoms with Gasteiger partial charge in [-0.1, -0.05) is 24.8 Å². The van der Waals surface area contributed by atoms with E-state index in [2.05, 4.69) is 4.74 Å². The third-order valence-corrected chi connectivity index (χ3v) is 1.28. The van der Waals surface area contributed by atoms with Gasteiger partial charge >= 0.3 is 6.36 Å².